The van der Waals surface area contributed by atoms with Crippen molar-refractivity contribution in [2.45, 2.75) is 24.3 Å². The molecule has 0 spiro atoms. The van der Waals surface area contributed by atoms with Gasteiger partial charge in [-0.15, -0.1) is 0 Å². The zero-order valence-electron chi connectivity index (χ0n) is 14.0. The van der Waals surface area contributed by atoms with Crippen LogP contribution in [0.4, 0.5) is 0 Å². The summed E-state index contributed by atoms with van der Waals surface area (Å²) in [5.41, 5.74) is 0. The summed E-state index contributed by atoms with van der Waals surface area (Å²) in [5, 5.41) is 0. The van der Waals surface area contributed by atoms with Crippen molar-refractivity contribution in [1.29, 1.82) is 0 Å². The first-order valence-electron chi connectivity index (χ1n) is 7.71. The molecular formula is C15H21NO7S2. The molecule has 1 aliphatic rings. The fraction of sp³-hybridized carbons (Fsp3) is 0.533. The Morgan fingerprint density at radius 1 is 1.28 bits per heavy atom. The van der Waals surface area contributed by atoms with Crippen LogP contribution in [-0.4, -0.2) is 64.9 Å². The quantitative estimate of drug-likeness (QED) is 0.621. The normalized spacial score (nSPS) is 19.7. The molecule has 10 heteroatoms. The van der Waals surface area contributed by atoms with Crippen LogP contribution in [0.25, 0.3) is 0 Å². The van der Waals surface area contributed by atoms with E-state index in [-0.39, 0.29) is 29.6 Å². The fourth-order valence-corrected chi connectivity index (χ4v) is 6.16. The molecule has 0 amide bonds. The Labute approximate surface area is 147 Å². The van der Waals surface area contributed by atoms with Gasteiger partial charge in [0.1, 0.15) is 5.75 Å². The average molecular weight is 391 g/mol. The molecule has 0 saturated carbocycles. The van der Waals surface area contributed by atoms with Crippen LogP contribution >= 0.6 is 0 Å². The Hall–Kier alpha value is -1.65. The molecule has 8 nitrogen and oxygen atoms in total. The number of esters is 1. The monoisotopic (exact) mass is 391 g/mol. The number of carbonyl (C=O) groups is 1. The molecule has 1 aliphatic heterocycles. The molecule has 1 fully saturated rings. The van der Waals surface area contributed by atoms with Crippen LogP contribution < -0.4 is 4.74 Å². The average Bonchev–Trinajstić information content (AvgIpc) is 2.93. The Morgan fingerprint density at radius 3 is 2.40 bits per heavy atom. The fourth-order valence-electron chi connectivity index (χ4n) is 2.67. The first-order valence-corrected chi connectivity index (χ1v) is 11.0. The molecule has 1 aromatic rings. The third-order valence-corrected chi connectivity index (χ3v) is 7.73. The van der Waals surface area contributed by atoms with Gasteiger partial charge in [0.25, 0.3) is 0 Å². The number of carbonyl (C=O) groups excluding carboxylic acids is 1. The number of ether oxygens (including phenoxy) is 2. The molecular weight excluding hydrogens is 370 g/mol. The first kappa shape index (κ1) is 19.7. The first-order chi connectivity index (χ1) is 11.7. The highest BCUT2D eigenvalue weighted by atomic mass is 32.2. The zero-order valence-corrected chi connectivity index (χ0v) is 15.7. The van der Waals surface area contributed by atoms with E-state index in [9.17, 15) is 21.6 Å². The highest BCUT2D eigenvalue weighted by Gasteiger charge is 2.37. The maximum Gasteiger partial charge on any atom is 0.343 e. The third kappa shape index (κ3) is 4.71. The molecule has 0 unspecified atom stereocenters. The summed E-state index contributed by atoms with van der Waals surface area (Å²) < 4.78 is 59.7. The van der Waals surface area contributed by atoms with Gasteiger partial charge >= 0.3 is 5.97 Å². The third-order valence-electron chi connectivity index (χ3n) is 3.94. The maximum atomic E-state index is 12.8. The molecule has 25 heavy (non-hydrogen) atoms. The van der Waals surface area contributed by atoms with Gasteiger partial charge in [0.15, 0.2) is 16.4 Å². The van der Waals surface area contributed by atoms with Crippen molar-refractivity contribution < 1.29 is 31.1 Å². The van der Waals surface area contributed by atoms with Gasteiger partial charge < -0.3 is 9.47 Å². The number of hydrogen-bond donors (Lipinski definition) is 0. The van der Waals surface area contributed by atoms with E-state index in [4.69, 9.17) is 4.74 Å². The molecule has 0 N–H and O–H groups in total. The summed E-state index contributed by atoms with van der Waals surface area (Å²) in [6.07, 6.45) is 0.301. The van der Waals surface area contributed by atoms with Crippen molar-refractivity contribution in [3.63, 3.8) is 0 Å². The van der Waals surface area contributed by atoms with E-state index in [2.05, 4.69) is 4.74 Å². The van der Waals surface area contributed by atoms with Crippen LogP contribution in [0.5, 0.6) is 5.75 Å². The number of methoxy groups -OCH3 is 1. The van der Waals surface area contributed by atoms with Crippen molar-refractivity contribution in [1.82, 2.24) is 4.31 Å². The van der Waals surface area contributed by atoms with Gasteiger partial charge in [-0.05, 0) is 30.7 Å². The van der Waals surface area contributed by atoms with Gasteiger partial charge in [0.2, 0.25) is 10.0 Å². The van der Waals surface area contributed by atoms with Gasteiger partial charge in [-0.2, -0.15) is 4.31 Å². The van der Waals surface area contributed by atoms with Gasteiger partial charge in [-0.25, -0.2) is 21.6 Å². The van der Waals surface area contributed by atoms with E-state index in [1.165, 1.54) is 35.7 Å². The Morgan fingerprint density at radius 2 is 1.92 bits per heavy atom. The van der Waals surface area contributed by atoms with Crippen LogP contribution in [0.15, 0.2) is 29.2 Å². The second kappa shape index (κ2) is 7.71. The molecule has 1 saturated heterocycles. The molecule has 140 valence electrons. The smallest absolute Gasteiger partial charge is 0.343 e. The van der Waals surface area contributed by atoms with Crippen LogP contribution in [0.3, 0.4) is 0 Å². The summed E-state index contributed by atoms with van der Waals surface area (Å²) in [4.78, 5) is 11.1. The lowest BCUT2D eigenvalue weighted by atomic mass is 10.3. The van der Waals surface area contributed by atoms with Gasteiger partial charge in [-0.1, -0.05) is 6.92 Å². The van der Waals surface area contributed by atoms with Crippen molar-refractivity contribution >= 4 is 25.8 Å². The largest absolute Gasteiger partial charge is 0.482 e. The van der Waals surface area contributed by atoms with E-state index in [0.29, 0.717) is 12.2 Å². The van der Waals surface area contributed by atoms with Crippen LogP contribution in [-0.2, 0) is 29.4 Å². The second-order valence-electron chi connectivity index (χ2n) is 5.60. The summed E-state index contributed by atoms with van der Waals surface area (Å²) in [6.45, 7) is 1.59. The number of sulfone groups is 1. The summed E-state index contributed by atoms with van der Waals surface area (Å²) in [6, 6.07) is 5.07. The van der Waals surface area contributed by atoms with Crippen molar-refractivity contribution in [2.24, 2.45) is 0 Å². The van der Waals surface area contributed by atoms with E-state index in [0.717, 1.165) is 0 Å². The van der Waals surface area contributed by atoms with Gasteiger partial charge in [0.05, 0.1) is 23.5 Å². The van der Waals surface area contributed by atoms with Crippen molar-refractivity contribution in [3.8, 4) is 5.75 Å². The highest BCUT2D eigenvalue weighted by molar-refractivity contribution is 7.92. The molecule has 2 rings (SSSR count). The molecule has 0 aliphatic carbocycles. The maximum absolute atomic E-state index is 12.8. The predicted octanol–water partition coefficient (Wildman–Crippen LogP) is 0.436. The zero-order chi connectivity index (χ0) is 18.7. The molecule has 1 atom stereocenters. The lowest BCUT2D eigenvalue weighted by Gasteiger charge is -2.26. The number of rotatable bonds is 7. The molecule has 0 radical (unpaired) electrons. The topological polar surface area (TPSA) is 107 Å². The van der Waals surface area contributed by atoms with Crippen molar-refractivity contribution in [2.75, 3.05) is 31.8 Å². The Bertz CT molecular complexity index is 816. The summed E-state index contributed by atoms with van der Waals surface area (Å²) in [7, 11) is -5.76. The standard InChI is InChI=1S/C15H21NO7S2/c1-3-16(12-8-9-24(18,19)11-12)25(20,21)14-6-4-13(5-7-14)23-10-15(17)22-2/h4-7,12H,3,8-11H2,1-2H3/t12-/m0/s1. The minimum Gasteiger partial charge on any atom is -0.482 e. The number of benzene rings is 1. The summed E-state index contributed by atoms with van der Waals surface area (Å²) in [5.74, 6) is -0.364. The molecule has 1 aromatic carbocycles. The number of nitrogens with zero attached hydrogens (tertiary/aromatic N) is 1. The Balaban J connectivity index is 2.16. The van der Waals surface area contributed by atoms with Crippen LogP contribution in [0, 0.1) is 0 Å². The van der Waals surface area contributed by atoms with Gasteiger partial charge in [-0.3, -0.25) is 0 Å². The lowest BCUT2D eigenvalue weighted by Crippen LogP contribution is -2.40. The number of sulfonamides is 1. The molecule has 1 heterocycles. The van der Waals surface area contributed by atoms with Crippen molar-refractivity contribution in [3.05, 3.63) is 24.3 Å². The highest BCUT2D eigenvalue weighted by Crippen LogP contribution is 2.26. The Kier molecular flexibility index (Phi) is 6.07. The SMILES string of the molecule is CCN([C@H]1CCS(=O)(=O)C1)S(=O)(=O)c1ccc(OCC(=O)OC)cc1. The van der Waals surface area contributed by atoms with Gasteiger partial charge in [0, 0.05) is 12.6 Å². The van der Waals surface area contributed by atoms with Crippen LogP contribution in [0.1, 0.15) is 13.3 Å². The molecule has 0 aromatic heterocycles. The lowest BCUT2D eigenvalue weighted by molar-refractivity contribution is -0.142. The van der Waals surface area contributed by atoms with E-state index < -0.39 is 31.9 Å². The predicted molar refractivity (Wildman–Crippen MR) is 90.6 cm³/mol. The second-order valence-corrected chi connectivity index (χ2v) is 9.72. The minimum atomic E-state index is -3.82. The van der Waals surface area contributed by atoms with E-state index >= 15 is 0 Å². The van der Waals surface area contributed by atoms with E-state index in [1.807, 2.05) is 0 Å². The minimum absolute atomic E-state index is 0.00396. The number of hydrogen-bond acceptors (Lipinski definition) is 7. The summed E-state index contributed by atoms with van der Waals surface area (Å²) >= 11 is 0. The van der Waals surface area contributed by atoms with Crippen LogP contribution in [0.2, 0.25) is 0 Å². The van der Waals surface area contributed by atoms with E-state index in [1.54, 1.807) is 6.92 Å². The molecule has 0 bridgehead atoms.